The van der Waals surface area contributed by atoms with Gasteiger partial charge in [0.05, 0.1) is 24.5 Å². The summed E-state index contributed by atoms with van der Waals surface area (Å²) in [6.07, 6.45) is 1.85. The Kier molecular flexibility index (Phi) is 4.31. The van der Waals surface area contributed by atoms with E-state index in [-0.39, 0.29) is 6.04 Å². The van der Waals surface area contributed by atoms with Crippen LogP contribution < -0.4 is 5.32 Å². The molecule has 0 aliphatic heterocycles. The number of aromatic nitrogens is 1. The number of rotatable bonds is 5. The molecule has 18 heavy (non-hydrogen) atoms. The first-order valence-corrected chi connectivity index (χ1v) is 6.02. The Hall–Kier alpha value is -1.87. The van der Waals surface area contributed by atoms with Crippen LogP contribution in [0.3, 0.4) is 0 Å². The summed E-state index contributed by atoms with van der Waals surface area (Å²) in [5, 5.41) is 3.44. The third-order valence-corrected chi connectivity index (χ3v) is 2.79. The van der Waals surface area contributed by atoms with E-state index in [4.69, 9.17) is 4.74 Å². The first-order valence-electron chi connectivity index (χ1n) is 6.02. The molecule has 3 heteroatoms. The van der Waals surface area contributed by atoms with Gasteiger partial charge in [-0.15, -0.1) is 0 Å². The van der Waals surface area contributed by atoms with Gasteiger partial charge in [0, 0.05) is 12.8 Å². The number of hydrogen-bond acceptors (Lipinski definition) is 3. The number of aryl methyl sites for hydroxylation is 1. The molecule has 1 heterocycles. The van der Waals surface area contributed by atoms with Gasteiger partial charge in [0.15, 0.2) is 0 Å². The summed E-state index contributed by atoms with van der Waals surface area (Å²) in [6.45, 7) is 2.60. The number of benzene rings is 1. The number of pyridine rings is 1. The van der Waals surface area contributed by atoms with Gasteiger partial charge in [-0.1, -0.05) is 30.3 Å². The summed E-state index contributed by atoms with van der Waals surface area (Å²) in [7, 11) is 1.71. The lowest BCUT2D eigenvalue weighted by Gasteiger charge is -2.19. The van der Waals surface area contributed by atoms with E-state index in [0.717, 1.165) is 11.4 Å². The van der Waals surface area contributed by atoms with Crippen LogP contribution in [0.2, 0.25) is 0 Å². The number of nitrogens with one attached hydrogen (secondary N) is 1. The van der Waals surface area contributed by atoms with Gasteiger partial charge in [0.1, 0.15) is 0 Å². The molecule has 0 bridgehead atoms. The van der Waals surface area contributed by atoms with Crippen LogP contribution in [0.4, 0.5) is 5.69 Å². The maximum atomic E-state index is 5.27. The topological polar surface area (TPSA) is 34.1 Å². The highest BCUT2D eigenvalue weighted by Crippen LogP contribution is 2.19. The maximum Gasteiger partial charge on any atom is 0.0748 e. The molecule has 3 nitrogen and oxygen atoms in total. The van der Waals surface area contributed by atoms with Crippen molar-refractivity contribution >= 4 is 5.69 Å². The minimum absolute atomic E-state index is 0.140. The number of ether oxygens (including phenoxy) is 1. The summed E-state index contributed by atoms with van der Waals surface area (Å²) in [5.74, 6) is 0. The smallest absolute Gasteiger partial charge is 0.0748 e. The van der Waals surface area contributed by atoms with E-state index in [1.165, 1.54) is 5.56 Å². The van der Waals surface area contributed by atoms with Crippen molar-refractivity contribution in [2.24, 2.45) is 0 Å². The van der Waals surface area contributed by atoms with Crippen LogP contribution in [0.1, 0.15) is 17.3 Å². The number of anilines is 1. The number of methoxy groups -OCH3 is 1. The summed E-state index contributed by atoms with van der Waals surface area (Å²) < 4.78 is 5.27. The molecular weight excluding hydrogens is 224 g/mol. The molecule has 0 radical (unpaired) electrons. The van der Waals surface area contributed by atoms with Gasteiger partial charge in [-0.2, -0.15) is 0 Å². The molecule has 1 N–H and O–H groups in total. The summed E-state index contributed by atoms with van der Waals surface area (Å²) in [6, 6.07) is 14.4. The van der Waals surface area contributed by atoms with E-state index in [0.29, 0.717) is 6.61 Å². The van der Waals surface area contributed by atoms with Gasteiger partial charge in [-0.05, 0) is 24.6 Å². The van der Waals surface area contributed by atoms with Crippen molar-refractivity contribution < 1.29 is 4.74 Å². The Morgan fingerprint density at radius 3 is 2.56 bits per heavy atom. The molecular formula is C15H18N2O. The zero-order chi connectivity index (χ0) is 12.8. The lowest BCUT2D eigenvalue weighted by atomic mass is 10.1. The summed E-state index contributed by atoms with van der Waals surface area (Å²) in [5.41, 5.74) is 3.23. The van der Waals surface area contributed by atoms with Crippen LogP contribution in [-0.4, -0.2) is 18.7 Å². The predicted molar refractivity (Wildman–Crippen MR) is 73.7 cm³/mol. The third kappa shape index (κ3) is 3.31. The largest absolute Gasteiger partial charge is 0.382 e. The van der Waals surface area contributed by atoms with Gasteiger partial charge in [0.2, 0.25) is 0 Å². The predicted octanol–water partition coefficient (Wildman–Crippen LogP) is 3.19. The minimum Gasteiger partial charge on any atom is -0.382 e. The number of hydrogen-bond donors (Lipinski definition) is 1. The second-order valence-electron chi connectivity index (χ2n) is 4.25. The Morgan fingerprint density at radius 2 is 1.94 bits per heavy atom. The van der Waals surface area contributed by atoms with Crippen molar-refractivity contribution in [2.45, 2.75) is 13.0 Å². The normalized spacial score (nSPS) is 12.1. The van der Waals surface area contributed by atoms with E-state index in [1.807, 2.05) is 43.5 Å². The SMILES string of the molecule is COCC(Nc1ccc(C)nc1)c1ccccc1. The van der Waals surface area contributed by atoms with Gasteiger partial charge < -0.3 is 10.1 Å². The van der Waals surface area contributed by atoms with Crippen molar-refractivity contribution in [1.29, 1.82) is 0 Å². The molecule has 2 aromatic rings. The van der Waals surface area contributed by atoms with Crippen molar-refractivity contribution in [2.75, 3.05) is 19.0 Å². The van der Waals surface area contributed by atoms with E-state index >= 15 is 0 Å². The molecule has 0 saturated carbocycles. The monoisotopic (exact) mass is 242 g/mol. The molecule has 0 spiro atoms. The Balaban J connectivity index is 2.14. The standard InChI is InChI=1S/C15H18N2O/c1-12-8-9-14(10-16-12)17-15(11-18-2)13-6-4-3-5-7-13/h3-10,15,17H,11H2,1-2H3. The molecule has 0 saturated heterocycles. The molecule has 0 amide bonds. The van der Waals surface area contributed by atoms with Gasteiger partial charge in [0.25, 0.3) is 0 Å². The van der Waals surface area contributed by atoms with Crippen molar-refractivity contribution in [3.8, 4) is 0 Å². The van der Waals surface area contributed by atoms with E-state index in [2.05, 4.69) is 22.4 Å². The van der Waals surface area contributed by atoms with Crippen molar-refractivity contribution in [3.05, 3.63) is 59.9 Å². The highest BCUT2D eigenvalue weighted by molar-refractivity contribution is 5.43. The fraction of sp³-hybridized carbons (Fsp3) is 0.267. The Labute approximate surface area is 108 Å². The van der Waals surface area contributed by atoms with Crippen LogP contribution in [-0.2, 0) is 4.74 Å². The fourth-order valence-electron chi connectivity index (χ4n) is 1.83. The first kappa shape index (κ1) is 12.6. The Morgan fingerprint density at radius 1 is 1.17 bits per heavy atom. The highest BCUT2D eigenvalue weighted by atomic mass is 16.5. The number of nitrogens with zero attached hydrogens (tertiary/aromatic N) is 1. The maximum absolute atomic E-state index is 5.27. The molecule has 0 fully saturated rings. The fourth-order valence-corrected chi connectivity index (χ4v) is 1.83. The molecule has 0 aliphatic rings. The van der Waals surface area contributed by atoms with Crippen LogP contribution in [0.5, 0.6) is 0 Å². The summed E-state index contributed by atoms with van der Waals surface area (Å²) >= 11 is 0. The molecule has 1 aromatic heterocycles. The quantitative estimate of drug-likeness (QED) is 0.874. The molecule has 0 aliphatic carbocycles. The Bertz CT molecular complexity index is 468. The van der Waals surface area contributed by atoms with Crippen LogP contribution in [0.15, 0.2) is 48.7 Å². The van der Waals surface area contributed by atoms with Crippen molar-refractivity contribution in [1.82, 2.24) is 4.98 Å². The van der Waals surface area contributed by atoms with E-state index < -0.39 is 0 Å². The molecule has 2 rings (SSSR count). The van der Waals surface area contributed by atoms with E-state index in [9.17, 15) is 0 Å². The average molecular weight is 242 g/mol. The first-order chi connectivity index (χ1) is 8.79. The third-order valence-electron chi connectivity index (χ3n) is 2.79. The minimum atomic E-state index is 0.140. The summed E-state index contributed by atoms with van der Waals surface area (Å²) in [4.78, 5) is 4.28. The van der Waals surface area contributed by atoms with Crippen LogP contribution >= 0.6 is 0 Å². The second-order valence-corrected chi connectivity index (χ2v) is 4.25. The molecule has 94 valence electrons. The van der Waals surface area contributed by atoms with Crippen LogP contribution in [0.25, 0.3) is 0 Å². The van der Waals surface area contributed by atoms with Gasteiger partial charge >= 0.3 is 0 Å². The lowest BCUT2D eigenvalue weighted by Crippen LogP contribution is -2.16. The highest BCUT2D eigenvalue weighted by Gasteiger charge is 2.10. The average Bonchev–Trinajstić information content (AvgIpc) is 2.42. The van der Waals surface area contributed by atoms with Gasteiger partial charge in [-0.3, -0.25) is 4.98 Å². The molecule has 1 aromatic carbocycles. The van der Waals surface area contributed by atoms with Crippen molar-refractivity contribution in [3.63, 3.8) is 0 Å². The second kappa shape index (κ2) is 6.17. The zero-order valence-corrected chi connectivity index (χ0v) is 10.8. The molecule has 1 unspecified atom stereocenters. The lowest BCUT2D eigenvalue weighted by molar-refractivity contribution is 0.186. The van der Waals surface area contributed by atoms with Crippen LogP contribution in [0, 0.1) is 6.92 Å². The van der Waals surface area contributed by atoms with E-state index in [1.54, 1.807) is 7.11 Å². The molecule has 1 atom stereocenters. The van der Waals surface area contributed by atoms with Gasteiger partial charge in [-0.25, -0.2) is 0 Å². The zero-order valence-electron chi connectivity index (χ0n) is 10.8.